The minimum absolute atomic E-state index is 0.0546. The monoisotopic (exact) mass is 327 g/mol. The number of rotatable bonds is 5. The molecule has 0 aromatic heterocycles. The van der Waals surface area contributed by atoms with Gasteiger partial charge in [0.15, 0.2) is 0 Å². The SMILES string of the molecule is CN(C1(CN)CCCCC1)S(=O)(=O)c1ccc([N+](=O)[O-])cc1. The number of non-ortho nitro benzene ring substituents is 1. The van der Waals surface area contributed by atoms with Crippen molar-refractivity contribution in [3.63, 3.8) is 0 Å². The summed E-state index contributed by atoms with van der Waals surface area (Å²) < 4.78 is 26.9. The molecule has 1 aliphatic carbocycles. The predicted octanol–water partition coefficient (Wildman–Crippen LogP) is 1.88. The minimum Gasteiger partial charge on any atom is -0.329 e. The topological polar surface area (TPSA) is 107 Å². The van der Waals surface area contributed by atoms with E-state index >= 15 is 0 Å². The number of nitro benzene ring substituents is 1. The predicted molar refractivity (Wildman–Crippen MR) is 82.9 cm³/mol. The van der Waals surface area contributed by atoms with E-state index in [1.807, 2.05) is 0 Å². The summed E-state index contributed by atoms with van der Waals surface area (Å²) in [4.78, 5) is 10.2. The zero-order valence-electron chi connectivity index (χ0n) is 12.6. The third-order valence-corrected chi connectivity index (χ3v) is 6.51. The highest BCUT2D eigenvalue weighted by molar-refractivity contribution is 7.89. The van der Waals surface area contributed by atoms with Gasteiger partial charge in [0.25, 0.3) is 5.69 Å². The largest absolute Gasteiger partial charge is 0.329 e. The van der Waals surface area contributed by atoms with Crippen molar-refractivity contribution in [2.75, 3.05) is 13.6 Å². The van der Waals surface area contributed by atoms with Crippen LogP contribution in [-0.2, 0) is 10.0 Å². The van der Waals surface area contributed by atoms with Gasteiger partial charge in [0.05, 0.1) is 9.82 Å². The second kappa shape index (κ2) is 6.31. The summed E-state index contributed by atoms with van der Waals surface area (Å²) in [6.45, 7) is 0.274. The van der Waals surface area contributed by atoms with Crippen LogP contribution in [0.5, 0.6) is 0 Å². The highest BCUT2D eigenvalue weighted by Gasteiger charge is 2.41. The second-order valence-electron chi connectivity index (χ2n) is 5.71. The highest BCUT2D eigenvalue weighted by Crippen LogP contribution is 2.35. The Labute approximate surface area is 130 Å². The van der Waals surface area contributed by atoms with Crippen molar-refractivity contribution in [3.05, 3.63) is 34.4 Å². The third kappa shape index (κ3) is 2.99. The van der Waals surface area contributed by atoms with E-state index < -0.39 is 20.5 Å². The number of nitrogens with zero attached hydrogens (tertiary/aromatic N) is 2. The molecule has 0 aliphatic heterocycles. The van der Waals surface area contributed by atoms with Gasteiger partial charge in [0, 0.05) is 31.3 Å². The molecular formula is C14H21N3O4S. The maximum Gasteiger partial charge on any atom is 0.269 e. The van der Waals surface area contributed by atoms with Gasteiger partial charge in [-0.05, 0) is 25.0 Å². The molecule has 1 aliphatic rings. The van der Waals surface area contributed by atoms with Crippen molar-refractivity contribution in [3.8, 4) is 0 Å². The molecule has 22 heavy (non-hydrogen) atoms. The molecule has 0 saturated heterocycles. The van der Waals surface area contributed by atoms with Gasteiger partial charge in [-0.3, -0.25) is 10.1 Å². The van der Waals surface area contributed by atoms with Gasteiger partial charge in [-0.15, -0.1) is 0 Å². The van der Waals surface area contributed by atoms with Crippen molar-refractivity contribution in [2.24, 2.45) is 5.73 Å². The van der Waals surface area contributed by atoms with Gasteiger partial charge in [0.1, 0.15) is 0 Å². The molecule has 1 aromatic rings. The van der Waals surface area contributed by atoms with E-state index in [0.29, 0.717) is 0 Å². The lowest BCUT2D eigenvalue weighted by molar-refractivity contribution is -0.384. The van der Waals surface area contributed by atoms with Gasteiger partial charge in [-0.1, -0.05) is 19.3 Å². The number of likely N-dealkylation sites (N-methyl/N-ethyl adjacent to an activating group) is 1. The Bertz CT molecular complexity index is 637. The van der Waals surface area contributed by atoms with Crippen LogP contribution in [0, 0.1) is 10.1 Å². The molecule has 7 nitrogen and oxygen atoms in total. The van der Waals surface area contributed by atoms with Crippen LogP contribution in [-0.4, -0.2) is 36.8 Å². The zero-order valence-corrected chi connectivity index (χ0v) is 13.4. The number of nitrogens with two attached hydrogens (primary N) is 1. The van der Waals surface area contributed by atoms with Crippen molar-refractivity contribution < 1.29 is 13.3 Å². The molecular weight excluding hydrogens is 306 g/mol. The van der Waals surface area contributed by atoms with Crippen LogP contribution in [0.1, 0.15) is 32.1 Å². The molecule has 1 saturated carbocycles. The Balaban J connectivity index is 2.33. The normalized spacial score (nSPS) is 18.3. The summed E-state index contributed by atoms with van der Waals surface area (Å²) >= 11 is 0. The van der Waals surface area contributed by atoms with Crippen LogP contribution in [0.3, 0.4) is 0 Å². The second-order valence-corrected chi connectivity index (χ2v) is 7.68. The summed E-state index contributed by atoms with van der Waals surface area (Å²) in [6.07, 6.45) is 4.49. The first-order valence-electron chi connectivity index (χ1n) is 7.27. The number of hydrogen-bond acceptors (Lipinski definition) is 5. The van der Waals surface area contributed by atoms with Crippen LogP contribution in [0.2, 0.25) is 0 Å². The molecule has 0 unspecified atom stereocenters. The molecule has 0 radical (unpaired) electrons. The maximum atomic E-state index is 12.8. The van der Waals surface area contributed by atoms with Crippen molar-refractivity contribution >= 4 is 15.7 Å². The summed E-state index contributed by atoms with van der Waals surface area (Å²) in [7, 11) is -2.17. The average Bonchev–Trinajstić information content (AvgIpc) is 2.54. The Morgan fingerprint density at radius 1 is 1.23 bits per heavy atom. The fraction of sp³-hybridized carbons (Fsp3) is 0.571. The zero-order chi connectivity index (χ0) is 16.4. The maximum absolute atomic E-state index is 12.8. The van der Waals surface area contributed by atoms with E-state index in [0.717, 1.165) is 32.1 Å². The van der Waals surface area contributed by atoms with E-state index in [1.165, 1.54) is 28.6 Å². The van der Waals surface area contributed by atoms with Crippen molar-refractivity contribution in [2.45, 2.75) is 42.5 Å². The lowest BCUT2D eigenvalue weighted by Gasteiger charge is -2.42. The van der Waals surface area contributed by atoms with Crippen molar-refractivity contribution in [1.82, 2.24) is 4.31 Å². The lowest BCUT2D eigenvalue weighted by atomic mass is 9.82. The summed E-state index contributed by atoms with van der Waals surface area (Å²) in [5.74, 6) is 0. The fourth-order valence-electron chi connectivity index (χ4n) is 3.01. The molecule has 0 atom stereocenters. The number of nitro groups is 1. The summed E-state index contributed by atoms with van der Waals surface area (Å²) in [6, 6.07) is 4.96. The van der Waals surface area contributed by atoms with Gasteiger partial charge in [-0.2, -0.15) is 4.31 Å². The molecule has 0 bridgehead atoms. The van der Waals surface area contributed by atoms with E-state index in [2.05, 4.69) is 0 Å². The van der Waals surface area contributed by atoms with E-state index in [9.17, 15) is 18.5 Å². The van der Waals surface area contributed by atoms with Crippen LogP contribution < -0.4 is 5.73 Å². The average molecular weight is 327 g/mol. The number of hydrogen-bond donors (Lipinski definition) is 1. The van der Waals surface area contributed by atoms with Crippen LogP contribution in [0.4, 0.5) is 5.69 Å². The minimum atomic E-state index is -3.72. The van der Waals surface area contributed by atoms with E-state index in [-0.39, 0.29) is 17.1 Å². The molecule has 0 amide bonds. The van der Waals surface area contributed by atoms with Crippen LogP contribution in [0.25, 0.3) is 0 Å². The fourth-order valence-corrected chi connectivity index (χ4v) is 4.57. The van der Waals surface area contributed by atoms with E-state index in [4.69, 9.17) is 5.73 Å². The molecule has 0 spiro atoms. The van der Waals surface area contributed by atoms with E-state index in [1.54, 1.807) is 7.05 Å². The molecule has 1 fully saturated rings. The third-order valence-electron chi connectivity index (χ3n) is 4.54. The molecule has 8 heteroatoms. The molecule has 122 valence electrons. The number of benzene rings is 1. The first kappa shape index (κ1) is 16.9. The molecule has 0 heterocycles. The Morgan fingerprint density at radius 3 is 2.23 bits per heavy atom. The lowest BCUT2D eigenvalue weighted by Crippen LogP contribution is -2.55. The molecule has 2 N–H and O–H groups in total. The highest BCUT2D eigenvalue weighted by atomic mass is 32.2. The first-order chi connectivity index (χ1) is 10.3. The van der Waals surface area contributed by atoms with Crippen molar-refractivity contribution in [1.29, 1.82) is 0 Å². The molecule has 1 aromatic carbocycles. The van der Waals surface area contributed by atoms with Gasteiger partial charge >= 0.3 is 0 Å². The smallest absolute Gasteiger partial charge is 0.269 e. The summed E-state index contributed by atoms with van der Waals surface area (Å²) in [5.41, 5.74) is 5.19. The Hall–Kier alpha value is -1.51. The van der Waals surface area contributed by atoms with Gasteiger partial charge in [0.2, 0.25) is 10.0 Å². The Morgan fingerprint density at radius 2 is 1.77 bits per heavy atom. The quantitative estimate of drug-likeness (QED) is 0.656. The van der Waals surface area contributed by atoms with Crippen LogP contribution >= 0.6 is 0 Å². The van der Waals surface area contributed by atoms with Crippen LogP contribution in [0.15, 0.2) is 29.2 Å². The molecule has 2 rings (SSSR count). The Kier molecular flexibility index (Phi) is 4.84. The summed E-state index contributed by atoms with van der Waals surface area (Å²) in [5, 5.41) is 10.7. The van der Waals surface area contributed by atoms with Gasteiger partial charge in [-0.25, -0.2) is 8.42 Å². The standard InChI is InChI=1S/C14H21N3O4S/c1-16(14(11-15)9-3-2-4-10-14)22(20,21)13-7-5-12(6-8-13)17(18)19/h5-8H,2-4,9-11,15H2,1H3. The first-order valence-corrected chi connectivity index (χ1v) is 8.71. The van der Waals surface area contributed by atoms with Gasteiger partial charge < -0.3 is 5.73 Å². The number of sulfonamides is 1.